The molecule has 1 saturated heterocycles. The van der Waals surface area contributed by atoms with Gasteiger partial charge in [0, 0.05) is 6.54 Å². The predicted octanol–water partition coefficient (Wildman–Crippen LogP) is 1.77. The number of aliphatic hydroxyl groups excluding tert-OH is 1. The highest BCUT2D eigenvalue weighted by Gasteiger charge is 2.34. The molecule has 1 N–H and O–H groups in total. The molecule has 1 unspecified atom stereocenters. The number of carbonyl (C=O) groups is 1. The Hall–Kier alpha value is -0.770. The minimum absolute atomic E-state index is 0.0835. The lowest BCUT2D eigenvalue weighted by atomic mass is 10.1. The zero-order chi connectivity index (χ0) is 11.6. The van der Waals surface area contributed by atoms with Gasteiger partial charge in [-0.3, -0.25) is 0 Å². The number of ether oxygens (including phenoxy) is 1. The molecule has 0 bridgehead atoms. The number of nitrogens with zero attached hydrogens (tertiary/aromatic N) is 1. The van der Waals surface area contributed by atoms with Crippen LogP contribution < -0.4 is 0 Å². The summed E-state index contributed by atoms with van der Waals surface area (Å²) in [5, 5.41) is 9.52. The van der Waals surface area contributed by atoms with E-state index in [0.717, 1.165) is 12.8 Å². The van der Waals surface area contributed by atoms with E-state index < -0.39 is 11.7 Å². The molecule has 4 nitrogen and oxygen atoms in total. The summed E-state index contributed by atoms with van der Waals surface area (Å²) in [5.74, 6) is 0. The molecule has 0 aliphatic carbocycles. The maximum atomic E-state index is 11.8. The molecule has 88 valence electrons. The third-order valence-electron chi connectivity index (χ3n) is 2.48. The van der Waals surface area contributed by atoms with Gasteiger partial charge in [0.05, 0.1) is 12.1 Å². The summed E-state index contributed by atoms with van der Waals surface area (Å²) in [6.45, 7) is 7.94. The third-order valence-corrected chi connectivity index (χ3v) is 2.48. The highest BCUT2D eigenvalue weighted by molar-refractivity contribution is 5.69. The lowest BCUT2D eigenvalue weighted by Crippen LogP contribution is -2.44. The molecule has 0 saturated carbocycles. The fourth-order valence-electron chi connectivity index (χ4n) is 1.84. The van der Waals surface area contributed by atoms with Gasteiger partial charge in [-0.15, -0.1) is 0 Å². The first-order valence-corrected chi connectivity index (χ1v) is 5.49. The van der Waals surface area contributed by atoms with E-state index in [1.54, 1.807) is 11.8 Å². The Morgan fingerprint density at radius 1 is 1.53 bits per heavy atom. The molecule has 2 atom stereocenters. The summed E-state index contributed by atoms with van der Waals surface area (Å²) in [5.41, 5.74) is -0.469. The summed E-state index contributed by atoms with van der Waals surface area (Å²) in [6.07, 6.45) is 0.997. The molecule has 0 aromatic carbocycles. The normalized spacial score (nSPS) is 24.1. The molecule has 4 heteroatoms. The third kappa shape index (κ3) is 3.38. The van der Waals surface area contributed by atoms with Crippen LogP contribution in [0.5, 0.6) is 0 Å². The van der Waals surface area contributed by atoms with Crippen molar-refractivity contribution in [3.63, 3.8) is 0 Å². The van der Waals surface area contributed by atoms with Crippen molar-refractivity contribution in [2.75, 3.05) is 6.54 Å². The van der Waals surface area contributed by atoms with Crippen molar-refractivity contribution in [2.45, 2.75) is 58.3 Å². The molecule has 1 fully saturated rings. The van der Waals surface area contributed by atoms with Crippen LogP contribution >= 0.6 is 0 Å². The van der Waals surface area contributed by atoms with Gasteiger partial charge in [-0.25, -0.2) is 4.79 Å². The summed E-state index contributed by atoms with van der Waals surface area (Å²) < 4.78 is 5.28. The summed E-state index contributed by atoms with van der Waals surface area (Å²) in [4.78, 5) is 13.4. The smallest absolute Gasteiger partial charge is 0.410 e. The minimum atomic E-state index is -0.486. The van der Waals surface area contributed by atoms with Crippen LogP contribution in [0.3, 0.4) is 0 Å². The van der Waals surface area contributed by atoms with Crippen molar-refractivity contribution in [1.82, 2.24) is 4.90 Å². The van der Waals surface area contributed by atoms with E-state index in [1.165, 1.54) is 0 Å². The molecule has 0 aromatic heterocycles. The monoisotopic (exact) mass is 215 g/mol. The molecule has 1 amide bonds. The zero-order valence-electron chi connectivity index (χ0n) is 9.99. The van der Waals surface area contributed by atoms with Gasteiger partial charge in [0.2, 0.25) is 0 Å². The number of hydrogen-bond acceptors (Lipinski definition) is 3. The molecular formula is C11H21NO3. The van der Waals surface area contributed by atoms with Gasteiger partial charge in [0.25, 0.3) is 0 Å². The Bertz CT molecular complexity index is 232. The lowest BCUT2D eigenvalue weighted by molar-refractivity contribution is 0.00801. The molecule has 1 rings (SSSR count). The molecule has 0 spiro atoms. The van der Waals surface area contributed by atoms with Crippen molar-refractivity contribution >= 4 is 6.09 Å². The number of aliphatic hydroxyl groups is 1. The Morgan fingerprint density at radius 2 is 2.13 bits per heavy atom. The highest BCUT2D eigenvalue weighted by atomic mass is 16.6. The predicted molar refractivity (Wildman–Crippen MR) is 57.6 cm³/mol. The Kier molecular flexibility index (Phi) is 3.60. The molecular weight excluding hydrogens is 194 g/mol. The van der Waals surface area contributed by atoms with Gasteiger partial charge in [0.1, 0.15) is 5.60 Å². The van der Waals surface area contributed by atoms with E-state index in [9.17, 15) is 9.90 Å². The Balaban J connectivity index is 2.59. The first kappa shape index (κ1) is 12.3. The van der Waals surface area contributed by atoms with Crippen LogP contribution in [0.1, 0.15) is 40.5 Å². The van der Waals surface area contributed by atoms with Gasteiger partial charge < -0.3 is 14.7 Å². The average Bonchev–Trinajstić information content (AvgIpc) is 2.47. The average molecular weight is 215 g/mol. The van der Waals surface area contributed by atoms with E-state index in [-0.39, 0.29) is 12.1 Å². The number of likely N-dealkylation sites (tertiary alicyclic amines) is 1. The number of hydrogen-bond donors (Lipinski definition) is 1. The van der Waals surface area contributed by atoms with E-state index >= 15 is 0 Å². The van der Waals surface area contributed by atoms with E-state index in [2.05, 4.69) is 0 Å². The molecule has 15 heavy (non-hydrogen) atoms. The van der Waals surface area contributed by atoms with Gasteiger partial charge >= 0.3 is 6.09 Å². The molecule has 0 aromatic rings. The van der Waals surface area contributed by atoms with Crippen molar-refractivity contribution in [1.29, 1.82) is 0 Å². The summed E-state index contributed by atoms with van der Waals surface area (Å²) in [7, 11) is 0. The minimum Gasteiger partial charge on any atom is -0.444 e. The van der Waals surface area contributed by atoms with Crippen LogP contribution in [-0.2, 0) is 4.74 Å². The van der Waals surface area contributed by atoms with Crippen LogP contribution in [0.2, 0.25) is 0 Å². The number of rotatable bonds is 1. The van der Waals surface area contributed by atoms with Gasteiger partial charge in [-0.1, -0.05) is 0 Å². The molecule has 1 heterocycles. The first-order valence-electron chi connectivity index (χ1n) is 5.49. The largest absolute Gasteiger partial charge is 0.444 e. The standard InChI is InChI=1S/C11H21NO3/c1-8(13)9-6-5-7-12(9)10(14)15-11(2,3)4/h8-9,13H,5-7H2,1-4H3/t8-,9?/m0/s1. The maximum absolute atomic E-state index is 11.8. The van der Waals surface area contributed by atoms with Crippen LogP contribution in [-0.4, -0.2) is 40.4 Å². The first-order chi connectivity index (χ1) is 6.81. The lowest BCUT2D eigenvalue weighted by Gasteiger charge is -2.29. The fraction of sp³-hybridized carbons (Fsp3) is 0.909. The quantitative estimate of drug-likeness (QED) is 0.725. The topological polar surface area (TPSA) is 49.8 Å². The van der Waals surface area contributed by atoms with E-state index in [0.29, 0.717) is 6.54 Å². The number of carbonyl (C=O) groups excluding carboxylic acids is 1. The van der Waals surface area contributed by atoms with E-state index in [4.69, 9.17) is 4.74 Å². The van der Waals surface area contributed by atoms with Gasteiger partial charge in [-0.2, -0.15) is 0 Å². The molecule has 0 radical (unpaired) electrons. The summed E-state index contributed by atoms with van der Waals surface area (Å²) >= 11 is 0. The fourth-order valence-corrected chi connectivity index (χ4v) is 1.84. The molecule has 1 aliphatic heterocycles. The van der Waals surface area contributed by atoms with Crippen molar-refractivity contribution in [3.05, 3.63) is 0 Å². The van der Waals surface area contributed by atoms with Crippen molar-refractivity contribution in [3.8, 4) is 0 Å². The van der Waals surface area contributed by atoms with Crippen LogP contribution in [0.15, 0.2) is 0 Å². The second-order valence-corrected chi connectivity index (χ2v) is 5.12. The Labute approximate surface area is 91.2 Å². The summed E-state index contributed by atoms with van der Waals surface area (Å²) in [6, 6.07) is -0.0835. The van der Waals surface area contributed by atoms with Crippen molar-refractivity contribution in [2.24, 2.45) is 0 Å². The molecule has 1 aliphatic rings. The Morgan fingerprint density at radius 3 is 2.60 bits per heavy atom. The highest BCUT2D eigenvalue weighted by Crippen LogP contribution is 2.22. The SMILES string of the molecule is C[C@H](O)C1CCCN1C(=O)OC(C)(C)C. The van der Waals surface area contributed by atoms with Crippen LogP contribution in [0, 0.1) is 0 Å². The second kappa shape index (κ2) is 4.39. The zero-order valence-corrected chi connectivity index (χ0v) is 9.99. The maximum Gasteiger partial charge on any atom is 0.410 e. The van der Waals surface area contributed by atoms with Crippen molar-refractivity contribution < 1.29 is 14.6 Å². The number of amides is 1. The van der Waals surface area contributed by atoms with Gasteiger partial charge in [0.15, 0.2) is 0 Å². The van der Waals surface area contributed by atoms with Crippen LogP contribution in [0.4, 0.5) is 4.79 Å². The van der Waals surface area contributed by atoms with E-state index in [1.807, 2.05) is 20.8 Å². The van der Waals surface area contributed by atoms with Crippen LogP contribution in [0.25, 0.3) is 0 Å². The van der Waals surface area contributed by atoms with Gasteiger partial charge in [-0.05, 0) is 40.5 Å². The second-order valence-electron chi connectivity index (χ2n) is 5.12.